The van der Waals surface area contributed by atoms with Crippen molar-refractivity contribution in [3.8, 4) is 5.75 Å². The first-order valence-electron chi connectivity index (χ1n) is 5.93. The number of hydrogen-bond donors (Lipinski definition) is 0. The molecule has 0 radical (unpaired) electrons. The van der Waals surface area contributed by atoms with Gasteiger partial charge < -0.3 is 4.74 Å². The maximum absolute atomic E-state index is 11.0. The zero-order chi connectivity index (χ0) is 13.0. The molecule has 2 rings (SSSR count). The van der Waals surface area contributed by atoms with E-state index in [2.05, 4.69) is 6.07 Å². The van der Waals surface area contributed by atoms with Gasteiger partial charge in [0.2, 0.25) is 0 Å². The standard InChI is InChI=1S/C16H16O2/c1-12-4-3-5-14(8-12)11-18-16-7-6-13(2)9-15(16)10-17/h3-10H,11H2,1-2H3. The van der Waals surface area contributed by atoms with Crippen LogP contribution < -0.4 is 4.74 Å². The van der Waals surface area contributed by atoms with Crippen molar-refractivity contribution in [3.05, 3.63) is 64.7 Å². The van der Waals surface area contributed by atoms with Gasteiger partial charge in [-0.3, -0.25) is 4.79 Å². The van der Waals surface area contributed by atoms with Crippen LogP contribution in [0.15, 0.2) is 42.5 Å². The number of carbonyl (C=O) groups is 1. The summed E-state index contributed by atoms with van der Waals surface area (Å²) in [6.45, 7) is 4.48. The van der Waals surface area contributed by atoms with E-state index in [0.717, 1.165) is 17.4 Å². The Hall–Kier alpha value is -2.09. The van der Waals surface area contributed by atoms with E-state index in [4.69, 9.17) is 4.74 Å². The maximum atomic E-state index is 11.0. The van der Waals surface area contributed by atoms with Crippen molar-refractivity contribution in [2.24, 2.45) is 0 Å². The van der Waals surface area contributed by atoms with Crippen LogP contribution in [0, 0.1) is 13.8 Å². The second-order valence-corrected chi connectivity index (χ2v) is 4.44. The van der Waals surface area contributed by atoms with E-state index in [9.17, 15) is 4.79 Å². The number of hydrogen-bond acceptors (Lipinski definition) is 2. The second-order valence-electron chi connectivity index (χ2n) is 4.44. The summed E-state index contributed by atoms with van der Waals surface area (Å²) in [5.74, 6) is 0.636. The SMILES string of the molecule is Cc1cccc(COc2ccc(C)cc2C=O)c1. The number of aldehydes is 1. The third kappa shape index (κ3) is 2.98. The van der Waals surface area contributed by atoms with Gasteiger partial charge in [-0.15, -0.1) is 0 Å². The quantitative estimate of drug-likeness (QED) is 0.762. The Morgan fingerprint density at radius 3 is 2.56 bits per heavy atom. The summed E-state index contributed by atoms with van der Waals surface area (Å²) in [5, 5.41) is 0. The van der Waals surface area contributed by atoms with E-state index < -0.39 is 0 Å². The van der Waals surface area contributed by atoms with Gasteiger partial charge in [0.1, 0.15) is 12.4 Å². The Morgan fingerprint density at radius 1 is 1.06 bits per heavy atom. The van der Waals surface area contributed by atoms with Crippen LogP contribution in [0.4, 0.5) is 0 Å². The van der Waals surface area contributed by atoms with Gasteiger partial charge >= 0.3 is 0 Å². The summed E-state index contributed by atoms with van der Waals surface area (Å²) in [4.78, 5) is 11.0. The van der Waals surface area contributed by atoms with E-state index in [1.165, 1.54) is 5.56 Å². The highest BCUT2D eigenvalue weighted by Gasteiger charge is 2.03. The summed E-state index contributed by atoms with van der Waals surface area (Å²) in [7, 11) is 0. The molecule has 2 nitrogen and oxygen atoms in total. The largest absolute Gasteiger partial charge is 0.488 e. The van der Waals surface area contributed by atoms with Crippen LogP contribution in [-0.2, 0) is 6.61 Å². The lowest BCUT2D eigenvalue weighted by Gasteiger charge is -2.09. The Labute approximate surface area is 107 Å². The highest BCUT2D eigenvalue weighted by molar-refractivity contribution is 5.79. The van der Waals surface area contributed by atoms with Gasteiger partial charge in [-0.05, 0) is 31.5 Å². The summed E-state index contributed by atoms with van der Waals surface area (Å²) in [5.41, 5.74) is 3.96. The molecule has 0 saturated heterocycles. The molecule has 2 aromatic carbocycles. The molecule has 0 aliphatic carbocycles. The first-order valence-corrected chi connectivity index (χ1v) is 5.93. The lowest BCUT2D eigenvalue weighted by molar-refractivity contribution is 0.111. The Balaban J connectivity index is 2.13. The van der Waals surface area contributed by atoms with E-state index in [0.29, 0.717) is 17.9 Å². The molecular weight excluding hydrogens is 224 g/mol. The van der Waals surface area contributed by atoms with Crippen molar-refractivity contribution in [2.45, 2.75) is 20.5 Å². The van der Waals surface area contributed by atoms with E-state index in [-0.39, 0.29) is 0 Å². The normalized spacial score (nSPS) is 10.1. The van der Waals surface area contributed by atoms with Crippen molar-refractivity contribution in [2.75, 3.05) is 0 Å². The minimum absolute atomic E-state index is 0.478. The molecule has 0 fully saturated rings. The second kappa shape index (κ2) is 5.50. The number of ether oxygens (including phenoxy) is 1. The van der Waals surface area contributed by atoms with Crippen LogP contribution in [0.1, 0.15) is 27.0 Å². The van der Waals surface area contributed by atoms with Crippen molar-refractivity contribution in [1.82, 2.24) is 0 Å². The monoisotopic (exact) mass is 240 g/mol. The topological polar surface area (TPSA) is 26.3 Å². The molecule has 0 atom stereocenters. The summed E-state index contributed by atoms with van der Waals surface area (Å²) in [6, 6.07) is 13.8. The number of aryl methyl sites for hydroxylation is 2. The van der Waals surface area contributed by atoms with Gasteiger partial charge in [-0.25, -0.2) is 0 Å². The molecule has 18 heavy (non-hydrogen) atoms. The first-order chi connectivity index (χ1) is 8.69. The summed E-state index contributed by atoms with van der Waals surface area (Å²) >= 11 is 0. The lowest BCUT2D eigenvalue weighted by Crippen LogP contribution is -1.98. The Kier molecular flexibility index (Phi) is 3.78. The number of benzene rings is 2. The minimum Gasteiger partial charge on any atom is -0.488 e. The van der Waals surface area contributed by atoms with Gasteiger partial charge in [0.25, 0.3) is 0 Å². The van der Waals surface area contributed by atoms with Crippen molar-refractivity contribution in [1.29, 1.82) is 0 Å². The third-order valence-electron chi connectivity index (χ3n) is 2.77. The van der Waals surface area contributed by atoms with Gasteiger partial charge in [-0.1, -0.05) is 41.5 Å². The Morgan fingerprint density at radius 2 is 1.83 bits per heavy atom. The average Bonchev–Trinajstić information content (AvgIpc) is 2.37. The van der Waals surface area contributed by atoms with Crippen LogP contribution in [0.5, 0.6) is 5.75 Å². The molecule has 0 saturated carbocycles. The lowest BCUT2D eigenvalue weighted by atomic mass is 10.1. The molecule has 0 bridgehead atoms. The predicted molar refractivity (Wildman–Crippen MR) is 72.1 cm³/mol. The predicted octanol–water partition coefficient (Wildman–Crippen LogP) is 3.69. The highest BCUT2D eigenvalue weighted by atomic mass is 16.5. The fourth-order valence-corrected chi connectivity index (χ4v) is 1.85. The van der Waals surface area contributed by atoms with Crippen molar-refractivity contribution in [3.63, 3.8) is 0 Å². The van der Waals surface area contributed by atoms with Crippen LogP contribution >= 0.6 is 0 Å². The first kappa shape index (κ1) is 12.4. The molecule has 2 aromatic rings. The summed E-state index contributed by atoms with van der Waals surface area (Å²) in [6.07, 6.45) is 0.832. The van der Waals surface area contributed by atoms with Crippen LogP contribution in [0.2, 0.25) is 0 Å². The molecule has 0 unspecified atom stereocenters. The van der Waals surface area contributed by atoms with Crippen molar-refractivity contribution < 1.29 is 9.53 Å². The molecule has 0 aliphatic heterocycles. The smallest absolute Gasteiger partial charge is 0.153 e. The maximum Gasteiger partial charge on any atom is 0.153 e. The molecule has 2 heteroatoms. The molecule has 92 valence electrons. The highest BCUT2D eigenvalue weighted by Crippen LogP contribution is 2.19. The van der Waals surface area contributed by atoms with Gasteiger partial charge in [0, 0.05) is 0 Å². The zero-order valence-electron chi connectivity index (χ0n) is 10.6. The molecular formula is C16H16O2. The van der Waals surface area contributed by atoms with E-state index >= 15 is 0 Å². The molecule has 0 amide bonds. The minimum atomic E-state index is 0.478. The molecule has 0 N–H and O–H groups in total. The fourth-order valence-electron chi connectivity index (χ4n) is 1.85. The Bertz CT molecular complexity index is 559. The van der Waals surface area contributed by atoms with Crippen molar-refractivity contribution >= 4 is 6.29 Å². The number of rotatable bonds is 4. The van der Waals surface area contributed by atoms with Gasteiger partial charge in [0.05, 0.1) is 5.56 Å². The molecule has 0 aromatic heterocycles. The third-order valence-corrected chi connectivity index (χ3v) is 2.77. The molecule has 0 spiro atoms. The summed E-state index contributed by atoms with van der Waals surface area (Å²) < 4.78 is 5.69. The van der Waals surface area contributed by atoms with Gasteiger partial charge in [0.15, 0.2) is 6.29 Å². The van der Waals surface area contributed by atoms with Crippen LogP contribution in [0.25, 0.3) is 0 Å². The fraction of sp³-hybridized carbons (Fsp3) is 0.188. The van der Waals surface area contributed by atoms with E-state index in [1.54, 1.807) is 0 Å². The van der Waals surface area contributed by atoms with E-state index in [1.807, 2.05) is 50.2 Å². The van der Waals surface area contributed by atoms with Gasteiger partial charge in [-0.2, -0.15) is 0 Å². The zero-order valence-corrected chi connectivity index (χ0v) is 10.6. The number of carbonyl (C=O) groups excluding carboxylic acids is 1. The van der Waals surface area contributed by atoms with Crippen LogP contribution in [0.3, 0.4) is 0 Å². The molecule has 0 heterocycles. The molecule has 0 aliphatic rings. The van der Waals surface area contributed by atoms with Crippen LogP contribution in [-0.4, -0.2) is 6.29 Å². The average molecular weight is 240 g/mol.